The Kier molecular flexibility index (Phi) is 6.23. The Morgan fingerprint density at radius 1 is 1.18 bits per heavy atom. The van der Waals surface area contributed by atoms with Crippen LogP contribution in [0.15, 0.2) is 24.3 Å². The Balaban J connectivity index is 2.55. The number of hydrogen-bond acceptors (Lipinski definition) is 2. The summed E-state index contributed by atoms with van der Waals surface area (Å²) in [6.07, 6.45) is 2.19. The Morgan fingerprint density at radius 3 is 2.35 bits per heavy atom. The zero-order chi connectivity index (χ0) is 12.7. The highest BCUT2D eigenvalue weighted by Crippen LogP contribution is 2.13. The van der Waals surface area contributed by atoms with Crippen LogP contribution in [-0.2, 0) is 11.2 Å². The van der Waals surface area contributed by atoms with E-state index < -0.39 is 6.10 Å². The second kappa shape index (κ2) is 7.46. The maximum atomic E-state index is 10.2. The highest BCUT2D eigenvalue weighted by molar-refractivity contribution is 5.21. The zero-order valence-electron chi connectivity index (χ0n) is 11.1. The summed E-state index contributed by atoms with van der Waals surface area (Å²) in [5, 5.41) is 10.2. The number of aryl methyl sites for hydroxylation is 1. The van der Waals surface area contributed by atoms with E-state index in [4.69, 9.17) is 4.74 Å². The fourth-order valence-electron chi connectivity index (χ4n) is 1.98. The predicted molar refractivity (Wildman–Crippen MR) is 71.2 cm³/mol. The van der Waals surface area contributed by atoms with Crippen molar-refractivity contribution in [2.24, 2.45) is 0 Å². The van der Waals surface area contributed by atoms with Gasteiger partial charge in [-0.3, -0.25) is 0 Å². The maximum Gasteiger partial charge on any atom is 0.0842 e. The second-order valence-corrected chi connectivity index (χ2v) is 4.54. The molecular weight excluding hydrogens is 212 g/mol. The van der Waals surface area contributed by atoms with E-state index in [9.17, 15) is 5.11 Å². The first-order valence-corrected chi connectivity index (χ1v) is 6.52. The summed E-state index contributed by atoms with van der Waals surface area (Å²) in [7, 11) is 0. The largest absolute Gasteiger partial charge is 0.390 e. The molecule has 0 radical (unpaired) electrons. The molecule has 0 bridgehead atoms. The molecule has 1 aromatic rings. The monoisotopic (exact) mass is 236 g/mol. The first-order chi connectivity index (χ1) is 8.17. The van der Waals surface area contributed by atoms with Gasteiger partial charge in [-0.15, -0.1) is 0 Å². The minimum Gasteiger partial charge on any atom is -0.390 e. The minimum atomic E-state index is -0.405. The number of aliphatic hydroxyl groups is 1. The fraction of sp³-hybridized carbons (Fsp3) is 0.600. The molecule has 1 rings (SSSR count). The van der Waals surface area contributed by atoms with Crippen molar-refractivity contribution >= 4 is 0 Å². The van der Waals surface area contributed by atoms with Gasteiger partial charge in [-0.2, -0.15) is 0 Å². The topological polar surface area (TPSA) is 29.5 Å². The molecule has 2 atom stereocenters. The Bertz CT molecular complexity index is 299. The lowest BCUT2D eigenvalue weighted by Crippen LogP contribution is -2.30. The molecule has 0 heterocycles. The zero-order valence-corrected chi connectivity index (χ0v) is 11.1. The standard InChI is InChI=1S/C15H24O2/c1-4-6-15(17-5-2)14(16)11-13-9-7-12(3)8-10-13/h7-10,14-16H,4-6,11H2,1-3H3. The van der Waals surface area contributed by atoms with Gasteiger partial charge in [-0.05, 0) is 25.8 Å². The van der Waals surface area contributed by atoms with Crippen LogP contribution < -0.4 is 0 Å². The van der Waals surface area contributed by atoms with Crippen molar-refractivity contribution in [2.75, 3.05) is 6.61 Å². The van der Waals surface area contributed by atoms with Crippen molar-refractivity contribution in [3.05, 3.63) is 35.4 Å². The van der Waals surface area contributed by atoms with Crippen molar-refractivity contribution < 1.29 is 9.84 Å². The van der Waals surface area contributed by atoms with Crippen LogP contribution in [0.1, 0.15) is 37.8 Å². The molecule has 1 aromatic carbocycles. The summed E-state index contributed by atoms with van der Waals surface area (Å²) in [4.78, 5) is 0. The third-order valence-corrected chi connectivity index (χ3v) is 2.95. The van der Waals surface area contributed by atoms with Gasteiger partial charge in [0, 0.05) is 13.0 Å². The van der Waals surface area contributed by atoms with Crippen LogP contribution in [-0.4, -0.2) is 23.9 Å². The van der Waals surface area contributed by atoms with E-state index in [1.165, 1.54) is 11.1 Å². The van der Waals surface area contributed by atoms with Crippen molar-refractivity contribution in [1.29, 1.82) is 0 Å². The predicted octanol–water partition coefficient (Wildman–Crippen LogP) is 3.10. The van der Waals surface area contributed by atoms with Gasteiger partial charge in [0.05, 0.1) is 12.2 Å². The third kappa shape index (κ3) is 4.88. The summed E-state index contributed by atoms with van der Waals surface area (Å²) in [5.41, 5.74) is 2.42. The van der Waals surface area contributed by atoms with E-state index in [1.54, 1.807) is 0 Å². The molecule has 0 amide bonds. The van der Waals surface area contributed by atoms with Crippen molar-refractivity contribution in [2.45, 2.75) is 52.2 Å². The molecule has 17 heavy (non-hydrogen) atoms. The Labute approximate surface area is 105 Å². The average Bonchev–Trinajstić information content (AvgIpc) is 2.32. The molecule has 0 aromatic heterocycles. The number of hydrogen-bond donors (Lipinski definition) is 1. The van der Waals surface area contributed by atoms with Crippen LogP contribution in [0.3, 0.4) is 0 Å². The lowest BCUT2D eigenvalue weighted by atomic mass is 10.0. The molecule has 96 valence electrons. The normalized spacial score (nSPS) is 14.6. The van der Waals surface area contributed by atoms with Crippen molar-refractivity contribution in [3.8, 4) is 0 Å². The van der Waals surface area contributed by atoms with Crippen LogP contribution in [0.25, 0.3) is 0 Å². The van der Waals surface area contributed by atoms with E-state index in [0.29, 0.717) is 13.0 Å². The molecular formula is C15H24O2. The van der Waals surface area contributed by atoms with Gasteiger partial charge in [-0.25, -0.2) is 0 Å². The molecule has 2 nitrogen and oxygen atoms in total. The van der Waals surface area contributed by atoms with Gasteiger partial charge in [0.15, 0.2) is 0 Å². The molecule has 0 aliphatic carbocycles. The molecule has 2 heteroatoms. The summed E-state index contributed by atoms with van der Waals surface area (Å²) in [5.74, 6) is 0. The number of aliphatic hydroxyl groups excluding tert-OH is 1. The van der Waals surface area contributed by atoms with Gasteiger partial charge in [0.1, 0.15) is 0 Å². The van der Waals surface area contributed by atoms with Crippen LogP contribution in [0, 0.1) is 6.92 Å². The van der Waals surface area contributed by atoms with E-state index in [-0.39, 0.29) is 6.10 Å². The van der Waals surface area contributed by atoms with E-state index in [2.05, 4.69) is 38.1 Å². The SMILES string of the molecule is CCCC(OCC)C(O)Cc1ccc(C)cc1. The number of ether oxygens (including phenoxy) is 1. The molecule has 0 saturated heterocycles. The molecule has 0 saturated carbocycles. The molecule has 1 N–H and O–H groups in total. The minimum absolute atomic E-state index is 0.0358. The van der Waals surface area contributed by atoms with Gasteiger partial charge < -0.3 is 9.84 Å². The van der Waals surface area contributed by atoms with Crippen LogP contribution in [0.4, 0.5) is 0 Å². The lowest BCUT2D eigenvalue weighted by Gasteiger charge is -2.22. The lowest BCUT2D eigenvalue weighted by molar-refractivity contribution is -0.0363. The van der Waals surface area contributed by atoms with Gasteiger partial charge in [-0.1, -0.05) is 43.2 Å². The van der Waals surface area contributed by atoms with Crippen molar-refractivity contribution in [3.63, 3.8) is 0 Å². The van der Waals surface area contributed by atoms with Gasteiger partial charge in [0.25, 0.3) is 0 Å². The molecule has 0 fully saturated rings. The summed E-state index contributed by atoms with van der Waals surface area (Å²) in [6.45, 7) is 6.82. The van der Waals surface area contributed by atoms with Crippen LogP contribution in [0.2, 0.25) is 0 Å². The Morgan fingerprint density at radius 2 is 1.82 bits per heavy atom. The fourth-order valence-corrected chi connectivity index (χ4v) is 1.98. The average molecular weight is 236 g/mol. The summed E-state index contributed by atoms with van der Waals surface area (Å²) in [6, 6.07) is 8.32. The maximum absolute atomic E-state index is 10.2. The van der Waals surface area contributed by atoms with E-state index in [1.807, 2.05) is 6.92 Å². The number of benzene rings is 1. The first kappa shape index (κ1) is 14.2. The van der Waals surface area contributed by atoms with Crippen LogP contribution in [0.5, 0.6) is 0 Å². The summed E-state index contributed by atoms with van der Waals surface area (Å²) < 4.78 is 5.59. The van der Waals surface area contributed by atoms with Crippen LogP contribution >= 0.6 is 0 Å². The van der Waals surface area contributed by atoms with Gasteiger partial charge >= 0.3 is 0 Å². The highest BCUT2D eigenvalue weighted by Gasteiger charge is 2.18. The first-order valence-electron chi connectivity index (χ1n) is 6.52. The second-order valence-electron chi connectivity index (χ2n) is 4.54. The molecule has 2 unspecified atom stereocenters. The third-order valence-electron chi connectivity index (χ3n) is 2.95. The van der Waals surface area contributed by atoms with E-state index >= 15 is 0 Å². The van der Waals surface area contributed by atoms with Gasteiger partial charge in [0.2, 0.25) is 0 Å². The van der Waals surface area contributed by atoms with Crippen molar-refractivity contribution in [1.82, 2.24) is 0 Å². The Hall–Kier alpha value is -0.860. The molecule has 0 spiro atoms. The number of rotatable bonds is 7. The summed E-state index contributed by atoms with van der Waals surface area (Å²) >= 11 is 0. The molecule has 0 aliphatic rings. The quantitative estimate of drug-likeness (QED) is 0.788. The smallest absolute Gasteiger partial charge is 0.0842 e. The molecule has 0 aliphatic heterocycles. The highest BCUT2D eigenvalue weighted by atomic mass is 16.5. The van der Waals surface area contributed by atoms with E-state index in [0.717, 1.165) is 12.8 Å².